The summed E-state index contributed by atoms with van der Waals surface area (Å²) < 4.78 is 23.4. The molecule has 3 atom stereocenters. The maximum atomic E-state index is 13.0. The number of rotatable bonds is 59. The Morgan fingerprint density at radius 3 is 1.21 bits per heavy atom. The number of allylic oxidation sites excluding steroid dienone is 13. The van der Waals surface area contributed by atoms with Crippen molar-refractivity contribution in [2.24, 2.45) is 0 Å². The summed E-state index contributed by atoms with van der Waals surface area (Å²) >= 11 is 0. The lowest BCUT2D eigenvalue weighted by Crippen LogP contribution is -2.45. The summed E-state index contributed by atoms with van der Waals surface area (Å²) in [7, 11) is 1.25. The second-order valence-electron chi connectivity index (χ2n) is 23.1. The van der Waals surface area contributed by atoms with E-state index < -0.39 is 26.6 Å². The summed E-state index contributed by atoms with van der Waals surface area (Å²) in [6.45, 7) is 4.54. The summed E-state index contributed by atoms with van der Waals surface area (Å²) in [5.74, 6) is -0.206. The molecule has 0 bridgehead atoms. The summed E-state index contributed by atoms with van der Waals surface area (Å²) in [6, 6.07) is -0.907. The summed E-state index contributed by atoms with van der Waals surface area (Å²) in [5.41, 5.74) is 0. The van der Waals surface area contributed by atoms with Gasteiger partial charge in [-0.15, -0.1) is 0 Å². The van der Waals surface area contributed by atoms with E-state index >= 15 is 0 Å². The van der Waals surface area contributed by atoms with Crippen LogP contribution in [0.4, 0.5) is 0 Å². The van der Waals surface area contributed by atoms with Crippen molar-refractivity contribution in [3.8, 4) is 0 Å². The molecule has 0 spiro atoms. The number of phosphoric ester groups is 1. The van der Waals surface area contributed by atoms with Crippen LogP contribution in [0.25, 0.3) is 0 Å². The van der Waals surface area contributed by atoms with Crippen molar-refractivity contribution >= 4 is 13.7 Å². The van der Waals surface area contributed by atoms with Gasteiger partial charge in [0.1, 0.15) is 13.2 Å². The molecule has 448 valence electrons. The van der Waals surface area contributed by atoms with E-state index in [0.29, 0.717) is 17.4 Å². The predicted molar refractivity (Wildman–Crippen MR) is 334 cm³/mol. The van der Waals surface area contributed by atoms with E-state index in [0.717, 1.165) is 70.6 Å². The third-order valence-electron chi connectivity index (χ3n) is 14.3. The summed E-state index contributed by atoms with van der Waals surface area (Å²) in [5, 5.41) is 13.9. The van der Waals surface area contributed by atoms with Gasteiger partial charge in [-0.25, -0.2) is 0 Å². The Morgan fingerprint density at radius 2 is 0.805 bits per heavy atom. The van der Waals surface area contributed by atoms with Crippen molar-refractivity contribution in [1.82, 2.24) is 5.32 Å². The standard InChI is InChI=1S/C68H125N2O6P/c1-6-8-10-12-14-16-18-20-22-24-26-28-30-31-32-33-34-35-36-37-38-39-40-42-44-46-48-50-52-54-56-58-60-62-68(72)69-66(65-76-77(73,74)75-64-63-70(3,4)5)67(71)61-59-57-55-53-51-49-47-45-43-41-29-27-25-23-21-19-17-15-13-11-9-7-2/h8,10,14,16,20,22,26,28,31-32,51,53,59,61,66-67,71H,6-7,9,11-13,15,17-19,21,23-25,27,29-30,33-50,52,54-58,60,62-65H2,1-5H3,(H-,69,72,73,74)/b10-8-,16-14-,22-20-,28-26-,32-31-,53-51+,61-59+. The maximum absolute atomic E-state index is 13.0. The fraction of sp³-hybridized carbons (Fsp3) is 0.779. The molecule has 0 aliphatic rings. The van der Waals surface area contributed by atoms with Gasteiger partial charge in [0, 0.05) is 6.42 Å². The fourth-order valence-electron chi connectivity index (χ4n) is 9.32. The second kappa shape index (κ2) is 58.3. The van der Waals surface area contributed by atoms with Crippen LogP contribution < -0.4 is 10.2 Å². The van der Waals surface area contributed by atoms with Crippen LogP contribution in [0.3, 0.4) is 0 Å². The molecule has 8 nitrogen and oxygen atoms in total. The average Bonchev–Trinajstić information content (AvgIpc) is 3.39. The highest BCUT2D eigenvalue weighted by Crippen LogP contribution is 2.38. The van der Waals surface area contributed by atoms with Crippen molar-refractivity contribution in [3.63, 3.8) is 0 Å². The molecule has 0 radical (unpaired) electrons. The van der Waals surface area contributed by atoms with E-state index in [1.165, 1.54) is 199 Å². The van der Waals surface area contributed by atoms with E-state index in [1.807, 2.05) is 27.2 Å². The molecule has 0 aliphatic carbocycles. The number of aliphatic hydroxyl groups excluding tert-OH is 1. The van der Waals surface area contributed by atoms with Gasteiger partial charge in [-0.3, -0.25) is 9.36 Å². The molecule has 0 rings (SSSR count). The van der Waals surface area contributed by atoms with E-state index in [1.54, 1.807) is 6.08 Å². The molecule has 2 N–H and O–H groups in total. The maximum Gasteiger partial charge on any atom is 0.268 e. The average molecular weight is 1100 g/mol. The largest absolute Gasteiger partial charge is 0.756 e. The van der Waals surface area contributed by atoms with Crippen molar-refractivity contribution < 1.29 is 32.9 Å². The first kappa shape index (κ1) is 74.7. The molecule has 0 aromatic carbocycles. The first-order valence-corrected chi connectivity index (χ1v) is 33.9. The number of unbranched alkanes of at least 4 members (excludes halogenated alkanes) is 34. The Morgan fingerprint density at radius 1 is 0.468 bits per heavy atom. The van der Waals surface area contributed by atoms with Gasteiger partial charge in [0.15, 0.2) is 0 Å². The summed E-state index contributed by atoms with van der Waals surface area (Å²) in [4.78, 5) is 25.6. The number of nitrogens with one attached hydrogen (secondary N) is 1. The Bertz CT molecular complexity index is 1530. The molecular weight excluding hydrogens is 972 g/mol. The normalized spacial score (nSPS) is 14.3. The second-order valence-corrected chi connectivity index (χ2v) is 24.5. The molecule has 0 aromatic rings. The van der Waals surface area contributed by atoms with Gasteiger partial charge in [-0.2, -0.15) is 0 Å². The molecular formula is C68H125N2O6P. The Kier molecular flexibility index (Phi) is 56.6. The van der Waals surface area contributed by atoms with Gasteiger partial charge in [0.25, 0.3) is 7.82 Å². The van der Waals surface area contributed by atoms with Crippen LogP contribution in [-0.2, 0) is 18.4 Å². The molecule has 0 heterocycles. The Balaban J connectivity index is 4.12. The first-order valence-electron chi connectivity index (χ1n) is 32.4. The number of quaternary nitrogens is 1. The van der Waals surface area contributed by atoms with E-state index in [-0.39, 0.29) is 12.5 Å². The number of carbonyl (C=O) groups is 1. The molecule has 0 fully saturated rings. The minimum atomic E-state index is -4.61. The first-order chi connectivity index (χ1) is 37.5. The lowest BCUT2D eigenvalue weighted by atomic mass is 10.0. The molecule has 0 saturated carbocycles. The molecule has 1 amide bonds. The van der Waals surface area contributed by atoms with Gasteiger partial charge in [-0.1, -0.05) is 292 Å². The van der Waals surface area contributed by atoms with Crippen molar-refractivity contribution in [2.75, 3.05) is 40.9 Å². The number of hydrogen-bond acceptors (Lipinski definition) is 6. The quantitative estimate of drug-likeness (QED) is 0.0272. The van der Waals surface area contributed by atoms with Gasteiger partial charge in [0.2, 0.25) is 5.91 Å². The highest BCUT2D eigenvalue weighted by molar-refractivity contribution is 7.45. The lowest BCUT2D eigenvalue weighted by Gasteiger charge is -2.29. The third-order valence-corrected chi connectivity index (χ3v) is 15.3. The van der Waals surface area contributed by atoms with Gasteiger partial charge >= 0.3 is 0 Å². The zero-order valence-electron chi connectivity index (χ0n) is 51.1. The number of phosphoric acid groups is 1. The van der Waals surface area contributed by atoms with Crippen LogP contribution in [0.15, 0.2) is 85.1 Å². The highest BCUT2D eigenvalue weighted by Gasteiger charge is 2.23. The number of hydrogen-bond donors (Lipinski definition) is 2. The highest BCUT2D eigenvalue weighted by atomic mass is 31.2. The minimum absolute atomic E-state index is 0.00789. The molecule has 9 heteroatoms. The number of carbonyl (C=O) groups excluding carboxylic acids is 1. The lowest BCUT2D eigenvalue weighted by molar-refractivity contribution is -0.870. The molecule has 0 saturated heterocycles. The van der Waals surface area contributed by atoms with E-state index in [2.05, 4.69) is 92.1 Å². The predicted octanol–water partition coefficient (Wildman–Crippen LogP) is 19.7. The smallest absolute Gasteiger partial charge is 0.268 e. The molecule has 0 aliphatic heterocycles. The van der Waals surface area contributed by atoms with Gasteiger partial charge < -0.3 is 28.8 Å². The molecule has 77 heavy (non-hydrogen) atoms. The molecule has 0 aromatic heterocycles. The van der Waals surface area contributed by atoms with Crippen molar-refractivity contribution in [2.45, 2.75) is 302 Å². The van der Waals surface area contributed by atoms with Crippen LogP contribution in [0.1, 0.15) is 290 Å². The topological polar surface area (TPSA) is 108 Å². The number of likely N-dealkylation sites (N-methyl/N-ethyl adjacent to an activating group) is 1. The Hall–Kier alpha value is -2.32. The number of nitrogens with zero attached hydrogens (tertiary/aromatic N) is 1. The van der Waals surface area contributed by atoms with Crippen LogP contribution in [-0.4, -0.2) is 68.5 Å². The SMILES string of the molecule is CC/C=C\C/C=C\C/C=C\C/C=C\C/C=C\CCCCCCCCCCCCCCCCCCCC(=O)NC(COP(=O)([O-])OCC[N+](C)(C)C)C(O)/C=C/CC/C=C/CCCCCCCCCCCCCCCCCC. The zero-order chi connectivity index (χ0) is 56.3. The van der Waals surface area contributed by atoms with Crippen LogP contribution in [0.2, 0.25) is 0 Å². The monoisotopic (exact) mass is 1100 g/mol. The number of aliphatic hydroxyl groups is 1. The Labute approximate surface area is 477 Å². The van der Waals surface area contributed by atoms with Gasteiger partial charge in [0.05, 0.1) is 39.9 Å². The molecule has 3 unspecified atom stereocenters. The summed E-state index contributed by atoms with van der Waals surface area (Å²) in [6.07, 6.45) is 82.6. The van der Waals surface area contributed by atoms with Gasteiger partial charge in [-0.05, 0) is 77.0 Å². The van der Waals surface area contributed by atoms with Crippen molar-refractivity contribution in [1.29, 1.82) is 0 Å². The third kappa shape index (κ3) is 61.2. The van der Waals surface area contributed by atoms with E-state index in [4.69, 9.17) is 9.05 Å². The minimum Gasteiger partial charge on any atom is -0.756 e. The van der Waals surface area contributed by atoms with Crippen LogP contribution in [0.5, 0.6) is 0 Å². The van der Waals surface area contributed by atoms with Crippen LogP contribution in [0, 0.1) is 0 Å². The van der Waals surface area contributed by atoms with Crippen LogP contribution >= 0.6 is 7.82 Å². The zero-order valence-corrected chi connectivity index (χ0v) is 52.0. The fourth-order valence-corrected chi connectivity index (χ4v) is 10.0. The number of amides is 1. The van der Waals surface area contributed by atoms with Crippen molar-refractivity contribution in [3.05, 3.63) is 85.1 Å². The van der Waals surface area contributed by atoms with E-state index in [9.17, 15) is 19.4 Å².